The van der Waals surface area contributed by atoms with Crippen LogP contribution in [-0.4, -0.2) is 41.8 Å². The van der Waals surface area contributed by atoms with Crippen LogP contribution in [0.4, 0.5) is 4.79 Å². The standard InChI is InChI=1S/C13H26N2O2/c1-5-6-10(13(2,3)4)11-9-14-7-8-15(11)12(16)17/h10-11,14H,5-9H2,1-4H3,(H,16,17). The Morgan fingerprint density at radius 2 is 2.18 bits per heavy atom. The SMILES string of the molecule is CCCC(C1CNCCN1C(=O)O)C(C)(C)C. The van der Waals surface area contributed by atoms with E-state index in [4.69, 9.17) is 0 Å². The number of hydrogen-bond donors (Lipinski definition) is 2. The highest BCUT2D eigenvalue weighted by molar-refractivity contribution is 5.65. The average Bonchev–Trinajstić information content (AvgIpc) is 2.24. The molecule has 0 aromatic carbocycles. The number of amides is 1. The van der Waals surface area contributed by atoms with Crippen LogP contribution in [-0.2, 0) is 0 Å². The second-order valence-electron chi connectivity index (χ2n) is 6.01. The van der Waals surface area contributed by atoms with Crippen LogP contribution in [0, 0.1) is 11.3 Å². The monoisotopic (exact) mass is 242 g/mol. The Bertz CT molecular complexity index is 261. The van der Waals surface area contributed by atoms with Gasteiger partial charge in [-0.3, -0.25) is 0 Å². The van der Waals surface area contributed by atoms with Crippen molar-refractivity contribution >= 4 is 6.09 Å². The molecule has 4 heteroatoms. The third kappa shape index (κ3) is 3.60. The maximum absolute atomic E-state index is 11.3. The number of hydrogen-bond acceptors (Lipinski definition) is 2. The highest BCUT2D eigenvalue weighted by Crippen LogP contribution is 2.35. The lowest BCUT2D eigenvalue weighted by molar-refractivity contribution is 0.0499. The minimum atomic E-state index is -0.776. The smallest absolute Gasteiger partial charge is 0.407 e. The van der Waals surface area contributed by atoms with Crippen molar-refractivity contribution < 1.29 is 9.90 Å². The van der Waals surface area contributed by atoms with Gasteiger partial charge >= 0.3 is 6.09 Å². The van der Waals surface area contributed by atoms with E-state index in [1.54, 1.807) is 4.90 Å². The molecule has 0 radical (unpaired) electrons. The van der Waals surface area contributed by atoms with Gasteiger partial charge in [0.2, 0.25) is 0 Å². The molecule has 0 aromatic heterocycles. The summed E-state index contributed by atoms with van der Waals surface area (Å²) in [6, 6.07) is 0.112. The summed E-state index contributed by atoms with van der Waals surface area (Å²) in [7, 11) is 0. The van der Waals surface area contributed by atoms with Crippen LogP contribution < -0.4 is 5.32 Å². The molecule has 0 aliphatic carbocycles. The Hall–Kier alpha value is -0.770. The summed E-state index contributed by atoms with van der Waals surface area (Å²) < 4.78 is 0. The molecule has 1 aliphatic heterocycles. The van der Waals surface area contributed by atoms with E-state index in [0.717, 1.165) is 25.9 Å². The summed E-state index contributed by atoms with van der Waals surface area (Å²) >= 11 is 0. The summed E-state index contributed by atoms with van der Waals surface area (Å²) in [5.74, 6) is 0.413. The predicted octanol–water partition coefficient (Wildman–Crippen LogP) is 2.40. The highest BCUT2D eigenvalue weighted by Gasteiger charge is 2.38. The predicted molar refractivity (Wildman–Crippen MR) is 69.2 cm³/mol. The molecule has 17 heavy (non-hydrogen) atoms. The van der Waals surface area contributed by atoms with Gasteiger partial charge in [0.25, 0.3) is 0 Å². The molecule has 1 saturated heterocycles. The summed E-state index contributed by atoms with van der Waals surface area (Å²) in [4.78, 5) is 12.9. The second kappa shape index (κ2) is 5.71. The van der Waals surface area contributed by atoms with E-state index in [1.165, 1.54) is 0 Å². The van der Waals surface area contributed by atoms with Gasteiger partial charge in [-0.25, -0.2) is 4.79 Å². The fourth-order valence-corrected chi connectivity index (χ4v) is 2.84. The van der Waals surface area contributed by atoms with E-state index in [0.29, 0.717) is 12.5 Å². The van der Waals surface area contributed by atoms with Gasteiger partial charge in [-0.2, -0.15) is 0 Å². The maximum Gasteiger partial charge on any atom is 0.407 e. The van der Waals surface area contributed by atoms with E-state index in [9.17, 15) is 9.90 Å². The van der Waals surface area contributed by atoms with Crippen molar-refractivity contribution in [2.75, 3.05) is 19.6 Å². The van der Waals surface area contributed by atoms with Gasteiger partial charge in [-0.15, -0.1) is 0 Å². The van der Waals surface area contributed by atoms with Crippen LogP contribution >= 0.6 is 0 Å². The van der Waals surface area contributed by atoms with Gasteiger partial charge in [0.1, 0.15) is 0 Å². The Morgan fingerprint density at radius 3 is 2.65 bits per heavy atom. The van der Waals surface area contributed by atoms with Crippen LogP contribution in [0.1, 0.15) is 40.5 Å². The molecule has 0 spiro atoms. The summed E-state index contributed by atoms with van der Waals surface area (Å²) in [6.07, 6.45) is 1.41. The first-order chi connectivity index (χ1) is 7.88. The molecule has 0 bridgehead atoms. The Morgan fingerprint density at radius 1 is 1.53 bits per heavy atom. The zero-order chi connectivity index (χ0) is 13.1. The number of nitrogens with one attached hydrogen (secondary N) is 1. The van der Waals surface area contributed by atoms with Crippen molar-refractivity contribution in [1.29, 1.82) is 0 Å². The van der Waals surface area contributed by atoms with Gasteiger partial charge in [0, 0.05) is 19.6 Å². The van der Waals surface area contributed by atoms with Crippen molar-refractivity contribution in [3.63, 3.8) is 0 Å². The first-order valence-corrected chi connectivity index (χ1v) is 6.58. The lowest BCUT2D eigenvalue weighted by atomic mass is 9.73. The fourth-order valence-electron chi connectivity index (χ4n) is 2.84. The lowest BCUT2D eigenvalue weighted by Gasteiger charge is -2.44. The number of rotatable bonds is 3. The maximum atomic E-state index is 11.3. The molecule has 1 rings (SSSR count). The van der Waals surface area contributed by atoms with Crippen LogP contribution in [0.15, 0.2) is 0 Å². The van der Waals surface area contributed by atoms with Gasteiger partial charge in [-0.1, -0.05) is 34.1 Å². The van der Waals surface area contributed by atoms with Crippen molar-refractivity contribution in [1.82, 2.24) is 10.2 Å². The number of nitrogens with zero attached hydrogens (tertiary/aromatic N) is 1. The molecule has 4 nitrogen and oxygen atoms in total. The first-order valence-electron chi connectivity index (χ1n) is 6.58. The zero-order valence-corrected chi connectivity index (χ0v) is 11.5. The van der Waals surface area contributed by atoms with E-state index in [-0.39, 0.29) is 11.5 Å². The van der Waals surface area contributed by atoms with Gasteiger partial charge in [0.05, 0.1) is 6.04 Å². The van der Waals surface area contributed by atoms with Crippen LogP contribution in [0.25, 0.3) is 0 Å². The minimum Gasteiger partial charge on any atom is -0.465 e. The summed E-state index contributed by atoms with van der Waals surface area (Å²) in [5.41, 5.74) is 0.146. The normalized spacial score (nSPS) is 23.5. The van der Waals surface area contributed by atoms with E-state index < -0.39 is 6.09 Å². The quantitative estimate of drug-likeness (QED) is 0.799. The van der Waals surface area contributed by atoms with Gasteiger partial charge < -0.3 is 15.3 Å². The third-order valence-corrected chi connectivity index (χ3v) is 3.71. The van der Waals surface area contributed by atoms with Gasteiger partial charge in [-0.05, 0) is 17.8 Å². The lowest BCUT2D eigenvalue weighted by Crippen LogP contribution is -2.58. The van der Waals surface area contributed by atoms with Crippen LogP contribution in [0.3, 0.4) is 0 Å². The van der Waals surface area contributed by atoms with E-state index >= 15 is 0 Å². The fraction of sp³-hybridized carbons (Fsp3) is 0.923. The van der Waals surface area contributed by atoms with Crippen molar-refractivity contribution in [2.45, 2.75) is 46.6 Å². The van der Waals surface area contributed by atoms with Crippen molar-refractivity contribution in [3.05, 3.63) is 0 Å². The zero-order valence-electron chi connectivity index (χ0n) is 11.5. The third-order valence-electron chi connectivity index (χ3n) is 3.71. The minimum absolute atomic E-state index is 0.112. The second-order valence-corrected chi connectivity index (χ2v) is 6.01. The first kappa shape index (κ1) is 14.3. The molecule has 0 saturated carbocycles. The van der Waals surface area contributed by atoms with Crippen molar-refractivity contribution in [2.24, 2.45) is 11.3 Å². The van der Waals surface area contributed by atoms with Crippen LogP contribution in [0.2, 0.25) is 0 Å². The largest absolute Gasteiger partial charge is 0.465 e. The molecule has 0 aromatic rings. The summed E-state index contributed by atoms with van der Waals surface area (Å²) in [6.45, 7) is 11.0. The molecule has 100 valence electrons. The number of carbonyl (C=O) groups is 1. The number of piperazine rings is 1. The molecule has 2 N–H and O–H groups in total. The molecule has 1 fully saturated rings. The molecule has 1 heterocycles. The summed E-state index contributed by atoms with van der Waals surface area (Å²) in [5, 5.41) is 12.6. The number of carboxylic acid groups (broad SMARTS) is 1. The topological polar surface area (TPSA) is 52.6 Å². The molecule has 2 unspecified atom stereocenters. The van der Waals surface area contributed by atoms with E-state index in [2.05, 4.69) is 33.0 Å². The average molecular weight is 242 g/mol. The molecule has 1 amide bonds. The Labute approximate surface area is 104 Å². The molecule has 2 atom stereocenters. The molecular formula is C13H26N2O2. The Kier molecular flexibility index (Phi) is 4.80. The Balaban J connectivity index is 2.86. The van der Waals surface area contributed by atoms with Crippen molar-refractivity contribution in [3.8, 4) is 0 Å². The highest BCUT2D eigenvalue weighted by atomic mass is 16.4. The van der Waals surface area contributed by atoms with Gasteiger partial charge in [0.15, 0.2) is 0 Å². The molecular weight excluding hydrogens is 216 g/mol. The van der Waals surface area contributed by atoms with E-state index in [1.807, 2.05) is 0 Å². The molecule has 1 aliphatic rings. The van der Waals surface area contributed by atoms with Crippen LogP contribution in [0.5, 0.6) is 0 Å².